The van der Waals surface area contributed by atoms with E-state index in [1.807, 2.05) is 12.1 Å². The highest BCUT2D eigenvalue weighted by Gasteiger charge is 2.11. The lowest BCUT2D eigenvalue weighted by atomic mass is 10.1. The Morgan fingerprint density at radius 3 is 2.65 bits per heavy atom. The Bertz CT molecular complexity index is 689. The zero-order valence-corrected chi connectivity index (χ0v) is 13.4. The highest BCUT2D eigenvalue weighted by molar-refractivity contribution is 6.32. The number of rotatable bonds is 6. The van der Waals surface area contributed by atoms with Gasteiger partial charge in [-0.05, 0) is 30.2 Å². The van der Waals surface area contributed by atoms with Crippen molar-refractivity contribution in [3.8, 4) is 11.5 Å². The molecule has 1 amide bonds. The predicted octanol–water partition coefficient (Wildman–Crippen LogP) is 4.15. The molecule has 2 rings (SSSR count). The third-order valence-electron chi connectivity index (χ3n) is 3.14. The van der Waals surface area contributed by atoms with Gasteiger partial charge in [0.25, 0.3) is 5.91 Å². The Hall–Kier alpha value is -2.27. The number of anilines is 1. The SMILES string of the molecule is CCCc1ccc(OCC(=O)Nc2cc(Cl)c(O)cc2F)cc1. The van der Waals surface area contributed by atoms with E-state index in [0.29, 0.717) is 5.75 Å². The molecule has 6 heteroatoms. The molecule has 122 valence electrons. The molecule has 2 N–H and O–H groups in total. The van der Waals surface area contributed by atoms with Crippen LogP contribution in [0.3, 0.4) is 0 Å². The number of phenolic OH excluding ortho intramolecular Hbond substituents is 1. The van der Waals surface area contributed by atoms with E-state index < -0.39 is 11.7 Å². The molecule has 0 aliphatic rings. The Morgan fingerprint density at radius 1 is 1.30 bits per heavy atom. The molecule has 0 aromatic heterocycles. The number of benzene rings is 2. The zero-order valence-electron chi connectivity index (χ0n) is 12.6. The Kier molecular flexibility index (Phi) is 5.82. The molecular formula is C17H17ClFNO3. The molecule has 4 nitrogen and oxygen atoms in total. The molecule has 0 bridgehead atoms. The standard InChI is InChI=1S/C17H17ClFNO3/c1-2-3-11-4-6-12(7-5-11)23-10-17(22)20-15-8-13(18)16(21)9-14(15)19/h4-9,21H,2-3,10H2,1H3,(H,20,22). The van der Waals surface area contributed by atoms with Crippen molar-refractivity contribution in [1.29, 1.82) is 0 Å². The minimum Gasteiger partial charge on any atom is -0.506 e. The minimum absolute atomic E-state index is 0.0471. The number of ether oxygens (including phenoxy) is 1. The minimum atomic E-state index is -0.774. The second-order valence-electron chi connectivity index (χ2n) is 5.01. The van der Waals surface area contributed by atoms with Gasteiger partial charge in [0, 0.05) is 6.07 Å². The Morgan fingerprint density at radius 2 is 2.00 bits per heavy atom. The molecule has 23 heavy (non-hydrogen) atoms. The molecule has 0 heterocycles. The first-order valence-electron chi connectivity index (χ1n) is 7.19. The van der Waals surface area contributed by atoms with Crippen LogP contribution < -0.4 is 10.1 Å². The summed E-state index contributed by atoms with van der Waals surface area (Å²) in [5, 5.41) is 11.6. The van der Waals surface area contributed by atoms with Gasteiger partial charge in [-0.2, -0.15) is 0 Å². The first kappa shape index (κ1) is 17.1. The number of halogens is 2. The number of hydrogen-bond donors (Lipinski definition) is 2. The molecule has 0 atom stereocenters. The summed E-state index contributed by atoms with van der Waals surface area (Å²) in [6.45, 7) is 1.84. The molecule has 0 spiro atoms. The van der Waals surface area contributed by atoms with E-state index >= 15 is 0 Å². The van der Waals surface area contributed by atoms with Crippen LogP contribution in [0, 0.1) is 5.82 Å². The van der Waals surface area contributed by atoms with Crippen LogP contribution >= 0.6 is 11.6 Å². The van der Waals surface area contributed by atoms with Gasteiger partial charge in [-0.3, -0.25) is 4.79 Å². The quantitative estimate of drug-likeness (QED) is 0.778. The number of aryl methyl sites for hydroxylation is 1. The van der Waals surface area contributed by atoms with Gasteiger partial charge in [0.15, 0.2) is 6.61 Å². The van der Waals surface area contributed by atoms with E-state index in [0.717, 1.165) is 25.0 Å². The molecule has 2 aromatic carbocycles. The number of carbonyl (C=O) groups is 1. The van der Waals surface area contributed by atoms with Gasteiger partial charge in [-0.1, -0.05) is 37.1 Å². The molecule has 0 aliphatic carbocycles. The molecule has 0 unspecified atom stereocenters. The van der Waals surface area contributed by atoms with Gasteiger partial charge >= 0.3 is 0 Å². The molecule has 2 aromatic rings. The molecule has 0 fully saturated rings. The van der Waals surface area contributed by atoms with Gasteiger partial charge in [0.05, 0.1) is 10.7 Å². The van der Waals surface area contributed by atoms with Crippen molar-refractivity contribution in [1.82, 2.24) is 0 Å². The lowest BCUT2D eigenvalue weighted by molar-refractivity contribution is -0.118. The van der Waals surface area contributed by atoms with Crippen molar-refractivity contribution in [2.24, 2.45) is 0 Å². The maximum absolute atomic E-state index is 13.6. The number of nitrogens with one attached hydrogen (secondary N) is 1. The van der Waals surface area contributed by atoms with E-state index in [4.69, 9.17) is 16.3 Å². The summed E-state index contributed by atoms with van der Waals surface area (Å²) in [5.74, 6) is -1.12. The predicted molar refractivity (Wildman–Crippen MR) is 87.6 cm³/mol. The van der Waals surface area contributed by atoms with Crippen molar-refractivity contribution < 1.29 is 19.0 Å². The van der Waals surface area contributed by atoms with E-state index in [1.165, 1.54) is 5.56 Å². The van der Waals surface area contributed by atoms with E-state index in [9.17, 15) is 14.3 Å². The van der Waals surface area contributed by atoms with Crippen LogP contribution in [0.1, 0.15) is 18.9 Å². The van der Waals surface area contributed by atoms with Gasteiger partial charge < -0.3 is 15.2 Å². The van der Waals surface area contributed by atoms with Crippen molar-refractivity contribution in [2.75, 3.05) is 11.9 Å². The summed E-state index contributed by atoms with van der Waals surface area (Å²) in [6.07, 6.45) is 2.05. The number of hydrogen-bond acceptors (Lipinski definition) is 3. The average molecular weight is 338 g/mol. The van der Waals surface area contributed by atoms with Gasteiger partial charge in [0.2, 0.25) is 0 Å². The smallest absolute Gasteiger partial charge is 0.262 e. The average Bonchev–Trinajstić information content (AvgIpc) is 2.52. The van der Waals surface area contributed by atoms with Crippen LogP contribution in [0.4, 0.5) is 10.1 Å². The van der Waals surface area contributed by atoms with Gasteiger partial charge in [-0.25, -0.2) is 4.39 Å². The normalized spacial score (nSPS) is 10.4. The Labute approximate surface area is 138 Å². The summed E-state index contributed by atoms with van der Waals surface area (Å²) in [4.78, 5) is 11.8. The third-order valence-corrected chi connectivity index (χ3v) is 3.45. The lowest BCUT2D eigenvalue weighted by Crippen LogP contribution is -2.20. The number of amides is 1. The molecular weight excluding hydrogens is 321 g/mol. The molecule has 0 radical (unpaired) electrons. The van der Waals surface area contributed by atoms with Crippen LogP contribution in [0.5, 0.6) is 11.5 Å². The summed E-state index contributed by atoms with van der Waals surface area (Å²) >= 11 is 5.68. The highest BCUT2D eigenvalue weighted by Crippen LogP contribution is 2.29. The number of carbonyl (C=O) groups excluding carboxylic acids is 1. The van der Waals surface area contributed by atoms with Crippen LogP contribution in [-0.4, -0.2) is 17.6 Å². The first-order chi connectivity index (χ1) is 11.0. The van der Waals surface area contributed by atoms with Gasteiger partial charge in [-0.15, -0.1) is 0 Å². The second kappa shape index (κ2) is 7.83. The summed E-state index contributed by atoms with van der Waals surface area (Å²) in [5.41, 5.74) is 1.09. The topological polar surface area (TPSA) is 58.6 Å². The number of phenols is 1. The third kappa shape index (κ3) is 4.86. The van der Waals surface area contributed by atoms with Gasteiger partial charge in [0.1, 0.15) is 17.3 Å². The maximum atomic E-state index is 13.6. The fourth-order valence-corrected chi connectivity index (χ4v) is 2.17. The first-order valence-corrected chi connectivity index (χ1v) is 7.57. The molecule has 0 saturated carbocycles. The maximum Gasteiger partial charge on any atom is 0.262 e. The van der Waals surface area contributed by atoms with Crippen LogP contribution in [-0.2, 0) is 11.2 Å². The van der Waals surface area contributed by atoms with Crippen molar-refractivity contribution in [2.45, 2.75) is 19.8 Å². The fourth-order valence-electron chi connectivity index (χ4n) is 2.01. The summed E-state index contributed by atoms with van der Waals surface area (Å²) in [7, 11) is 0. The largest absolute Gasteiger partial charge is 0.506 e. The summed E-state index contributed by atoms with van der Waals surface area (Å²) < 4.78 is 18.9. The lowest BCUT2D eigenvalue weighted by Gasteiger charge is -2.09. The zero-order chi connectivity index (χ0) is 16.8. The van der Waals surface area contributed by atoms with E-state index in [1.54, 1.807) is 12.1 Å². The highest BCUT2D eigenvalue weighted by atomic mass is 35.5. The molecule has 0 saturated heterocycles. The summed E-state index contributed by atoms with van der Waals surface area (Å²) in [6, 6.07) is 9.44. The fraction of sp³-hybridized carbons (Fsp3) is 0.235. The molecule has 0 aliphatic heterocycles. The number of aromatic hydroxyl groups is 1. The monoisotopic (exact) mass is 337 g/mol. The van der Waals surface area contributed by atoms with Crippen molar-refractivity contribution in [3.05, 3.63) is 52.8 Å². The van der Waals surface area contributed by atoms with E-state index in [-0.39, 0.29) is 23.1 Å². The Balaban J connectivity index is 1.91. The van der Waals surface area contributed by atoms with Crippen molar-refractivity contribution in [3.63, 3.8) is 0 Å². The van der Waals surface area contributed by atoms with Crippen LogP contribution in [0.15, 0.2) is 36.4 Å². The van der Waals surface area contributed by atoms with Crippen molar-refractivity contribution >= 4 is 23.2 Å². The van der Waals surface area contributed by atoms with E-state index in [2.05, 4.69) is 12.2 Å². The van der Waals surface area contributed by atoms with Crippen LogP contribution in [0.2, 0.25) is 5.02 Å². The van der Waals surface area contributed by atoms with Crippen LogP contribution in [0.25, 0.3) is 0 Å². The second-order valence-corrected chi connectivity index (χ2v) is 5.42.